The largest absolute Gasteiger partial charge is 0.370 e. The summed E-state index contributed by atoms with van der Waals surface area (Å²) in [5.41, 5.74) is 0. The van der Waals surface area contributed by atoms with Crippen LogP contribution < -0.4 is 5.32 Å². The van der Waals surface area contributed by atoms with Crippen LogP contribution in [0.25, 0.3) is 0 Å². The molecule has 1 N–H and O–H groups in total. The number of rotatable bonds is 33. The Morgan fingerprint density at radius 3 is 1.49 bits per heavy atom. The van der Waals surface area contributed by atoms with Crippen LogP contribution in [0.1, 0.15) is 201 Å². The second-order valence-electron chi connectivity index (χ2n) is 14.2. The van der Waals surface area contributed by atoms with E-state index in [0.29, 0.717) is 38.1 Å². The lowest BCUT2D eigenvalue weighted by Gasteiger charge is -2.21. The molecule has 6 nitrogen and oxygen atoms in total. The number of amides is 2. The van der Waals surface area contributed by atoms with Crippen LogP contribution >= 0.6 is 0 Å². The van der Waals surface area contributed by atoms with Crippen LogP contribution in [0, 0.1) is 0 Å². The predicted octanol–water partition coefficient (Wildman–Crippen LogP) is 10.4. The Bertz CT molecular complexity index is 732. The fraction of sp³-hybridized carbons (Fsp3) is 0.949. The molecule has 0 bridgehead atoms. The number of nitrogens with zero attached hydrogens (tertiary/aromatic N) is 1. The third-order valence-electron chi connectivity index (χ3n) is 9.84. The minimum atomic E-state index is -0.0443. The van der Waals surface area contributed by atoms with E-state index in [2.05, 4.69) is 26.1 Å². The van der Waals surface area contributed by atoms with E-state index < -0.39 is 0 Å². The minimum absolute atomic E-state index is 0.0443. The summed E-state index contributed by atoms with van der Waals surface area (Å²) in [4.78, 5) is 27.5. The summed E-state index contributed by atoms with van der Waals surface area (Å²) in [6.07, 6.45) is 34.2. The van der Waals surface area contributed by atoms with Crippen molar-refractivity contribution < 1.29 is 19.1 Å². The second kappa shape index (κ2) is 26.9. The van der Waals surface area contributed by atoms with Crippen molar-refractivity contribution in [2.75, 3.05) is 13.1 Å². The number of epoxide rings is 2. The second-order valence-corrected chi connectivity index (χ2v) is 14.2. The molecule has 0 aromatic carbocycles. The van der Waals surface area contributed by atoms with Gasteiger partial charge in [-0.1, -0.05) is 149 Å². The highest BCUT2D eigenvalue weighted by Crippen LogP contribution is 2.33. The van der Waals surface area contributed by atoms with Gasteiger partial charge in [-0.05, 0) is 38.5 Å². The molecule has 6 heteroatoms. The standard InChI is InChI=1S/C39H74N2O4/c1-4-7-10-13-17-21-27-34-35(44-34)28-22-19-15-20-24-30-37(42)40-32-26-33-41(38(43)31-25-16-12-9-6-3)39-36(45-39)29-23-18-14-11-8-5-2/h34-36,39H,4-33H2,1-3H3,(H,40,42)/t34-,35-,36+,39-/m0/s1. The Morgan fingerprint density at radius 2 is 0.956 bits per heavy atom. The van der Waals surface area contributed by atoms with E-state index in [4.69, 9.17) is 9.47 Å². The third-order valence-corrected chi connectivity index (χ3v) is 9.84. The van der Waals surface area contributed by atoms with Crippen LogP contribution in [0.2, 0.25) is 0 Å². The molecule has 0 aliphatic carbocycles. The van der Waals surface area contributed by atoms with Crippen molar-refractivity contribution in [2.24, 2.45) is 0 Å². The van der Waals surface area contributed by atoms with Crippen LogP contribution in [0.4, 0.5) is 0 Å². The Balaban J connectivity index is 1.49. The fourth-order valence-corrected chi connectivity index (χ4v) is 6.70. The zero-order valence-corrected chi connectivity index (χ0v) is 30.1. The summed E-state index contributed by atoms with van der Waals surface area (Å²) < 4.78 is 11.9. The normalized spacial score (nSPS) is 20.3. The minimum Gasteiger partial charge on any atom is -0.370 e. The van der Waals surface area contributed by atoms with E-state index in [1.165, 1.54) is 128 Å². The lowest BCUT2D eigenvalue weighted by atomic mass is 10.0. The van der Waals surface area contributed by atoms with E-state index in [1.807, 2.05) is 4.90 Å². The molecule has 2 aliphatic rings. The first-order chi connectivity index (χ1) is 22.1. The third kappa shape index (κ3) is 20.7. The molecule has 2 aliphatic heterocycles. The molecule has 0 aromatic heterocycles. The lowest BCUT2D eigenvalue weighted by molar-refractivity contribution is -0.133. The first kappa shape index (κ1) is 40.0. The van der Waals surface area contributed by atoms with Gasteiger partial charge < -0.3 is 19.7 Å². The quantitative estimate of drug-likeness (QED) is 0.0576. The van der Waals surface area contributed by atoms with Crippen molar-refractivity contribution in [1.82, 2.24) is 10.2 Å². The maximum atomic E-state index is 13.1. The van der Waals surface area contributed by atoms with Gasteiger partial charge in [0.15, 0.2) is 6.23 Å². The fourth-order valence-electron chi connectivity index (χ4n) is 6.70. The zero-order chi connectivity index (χ0) is 32.4. The van der Waals surface area contributed by atoms with E-state index >= 15 is 0 Å². The number of nitrogens with one attached hydrogen (secondary N) is 1. The molecule has 2 fully saturated rings. The molecule has 2 rings (SSSR count). The topological polar surface area (TPSA) is 74.5 Å². The molecule has 264 valence electrons. The van der Waals surface area contributed by atoms with E-state index in [9.17, 15) is 9.59 Å². The van der Waals surface area contributed by atoms with Gasteiger partial charge in [0, 0.05) is 25.9 Å². The number of ether oxygens (including phenoxy) is 2. The molecule has 2 amide bonds. The lowest BCUT2D eigenvalue weighted by Crippen LogP contribution is -2.37. The monoisotopic (exact) mass is 635 g/mol. The van der Waals surface area contributed by atoms with Crippen LogP contribution in [0.15, 0.2) is 0 Å². The molecule has 2 heterocycles. The molecule has 0 radical (unpaired) electrons. The summed E-state index contributed by atoms with van der Waals surface area (Å²) in [6, 6.07) is 0. The number of carbonyl (C=O) groups is 2. The van der Waals surface area contributed by atoms with Gasteiger partial charge in [0.05, 0.1) is 12.2 Å². The maximum absolute atomic E-state index is 13.1. The number of hydrogen-bond donors (Lipinski definition) is 1. The molecule has 0 saturated carbocycles. The predicted molar refractivity (Wildman–Crippen MR) is 188 cm³/mol. The van der Waals surface area contributed by atoms with Crippen molar-refractivity contribution >= 4 is 11.8 Å². The zero-order valence-electron chi connectivity index (χ0n) is 30.1. The van der Waals surface area contributed by atoms with Crippen LogP contribution in [0.3, 0.4) is 0 Å². The average Bonchev–Trinajstić information content (AvgIpc) is 3.97. The van der Waals surface area contributed by atoms with Crippen molar-refractivity contribution in [1.29, 1.82) is 0 Å². The van der Waals surface area contributed by atoms with Gasteiger partial charge in [0.1, 0.15) is 6.10 Å². The highest BCUT2D eigenvalue weighted by atomic mass is 16.6. The molecular weight excluding hydrogens is 560 g/mol. The highest BCUT2D eigenvalue weighted by molar-refractivity contribution is 5.77. The Labute approximate surface area is 278 Å². The summed E-state index contributed by atoms with van der Waals surface area (Å²) >= 11 is 0. The van der Waals surface area contributed by atoms with Crippen molar-refractivity contribution in [3.05, 3.63) is 0 Å². The van der Waals surface area contributed by atoms with Gasteiger partial charge in [-0.2, -0.15) is 0 Å². The number of unbranched alkanes of at least 4 members (excludes halogenated alkanes) is 18. The van der Waals surface area contributed by atoms with Crippen LogP contribution in [0.5, 0.6) is 0 Å². The van der Waals surface area contributed by atoms with Crippen molar-refractivity contribution in [2.45, 2.75) is 225 Å². The Kier molecular flexibility index (Phi) is 23.9. The first-order valence-electron chi connectivity index (χ1n) is 20.0. The molecular formula is C39H74N2O4. The van der Waals surface area contributed by atoms with Gasteiger partial charge in [-0.3, -0.25) is 9.59 Å². The van der Waals surface area contributed by atoms with Gasteiger partial charge in [-0.25, -0.2) is 0 Å². The number of hydrogen-bond acceptors (Lipinski definition) is 4. The molecule has 0 aromatic rings. The van der Waals surface area contributed by atoms with E-state index in [1.54, 1.807) is 0 Å². The molecule has 0 spiro atoms. The summed E-state index contributed by atoms with van der Waals surface area (Å²) in [6.45, 7) is 8.06. The molecule has 2 saturated heterocycles. The van der Waals surface area contributed by atoms with Gasteiger partial charge in [0.25, 0.3) is 0 Å². The summed E-state index contributed by atoms with van der Waals surface area (Å²) in [7, 11) is 0. The molecule has 45 heavy (non-hydrogen) atoms. The Morgan fingerprint density at radius 1 is 0.511 bits per heavy atom. The van der Waals surface area contributed by atoms with Gasteiger partial charge in [-0.15, -0.1) is 0 Å². The van der Waals surface area contributed by atoms with Crippen LogP contribution in [-0.4, -0.2) is 54.3 Å². The smallest absolute Gasteiger partial charge is 0.224 e. The van der Waals surface area contributed by atoms with E-state index in [-0.39, 0.29) is 24.1 Å². The van der Waals surface area contributed by atoms with Crippen molar-refractivity contribution in [3.8, 4) is 0 Å². The average molecular weight is 635 g/mol. The highest BCUT2D eigenvalue weighted by Gasteiger charge is 2.44. The molecule has 4 atom stereocenters. The molecule has 0 unspecified atom stereocenters. The number of carbonyl (C=O) groups excluding carboxylic acids is 2. The first-order valence-corrected chi connectivity index (χ1v) is 20.0. The van der Waals surface area contributed by atoms with Crippen LogP contribution in [-0.2, 0) is 19.1 Å². The van der Waals surface area contributed by atoms with Gasteiger partial charge in [0.2, 0.25) is 11.8 Å². The SMILES string of the molecule is CCCCCCCC[C@@H]1O[C@H]1CCCCCCCC(=O)NCCCN(C(=O)CCCCCCC)[C@H]1O[C@@H]1CCCCCCCC. The van der Waals surface area contributed by atoms with E-state index in [0.717, 1.165) is 38.5 Å². The van der Waals surface area contributed by atoms with Gasteiger partial charge >= 0.3 is 0 Å². The Hall–Kier alpha value is -1.14. The van der Waals surface area contributed by atoms with Crippen molar-refractivity contribution in [3.63, 3.8) is 0 Å². The maximum Gasteiger partial charge on any atom is 0.224 e. The summed E-state index contributed by atoms with van der Waals surface area (Å²) in [5, 5.41) is 3.10. The summed E-state index contributed by atoms with van der Waals surface area (Å²) in [5.74, 6) is 0.381.